The van der Waals surface area contributed by atoms with Crippen LogP contribution in [0.3, 0.4) is 0 Å². The van der Waals surface area contributed by atoms with Gasteiger partial charge in [0, 0.05) is 34.3 Å². The van der Waals surface area contributed by atoms with Crippen LogP contribution >= 0.6 is 15.9 Å². The van der Waals surface area contributed by atoms with Crippen LogP contribution < -0.4 is 4.74 Å². The molecule has 1 rings (SSSR count). The molecule has 0 radical (unpaired) electrons. The Morgan fingerprint density at radius 3 is 2.21 bits per heavy atom. The van der Waals surface area contributed by atoms with E-state index in [0.29, 0.717) is 0 Å². The standard InChI is InChI=1S/C12H14BrFN2O3/c1-15(2)11(17)7-5-8(13)9(14)6-10(7)19-12(18)16(3)4/h5-6H,1-4H3. The van der Waals surface area contributed by atoms with E-state index in [1.165, 1.54) is 30.0 Å². The van der Waals surface area contributed by atoms with Crippen LogP contribution in [0.25, 0.3) is 0 Å². The molecule has 0 bridgehead atoms. The Labute approximate surface area is 119 Å². The van der Waals surface area contributed by atoms with Crippen LogP contribution in [0.4, 0.5) is 9.18 Å². The van der Waals surface area contributed by atoms with Crippen LogP contribution in [0.2, 0.25) is 0 Å². The van der Waals surface area contributed by atoms with E-state index >= 15 is 0 Å². The van der Waals surface area contributed by atoms with Gasteiger partial charge in [-0.1, -0.05) is 0 Å². The van der Waals surface area contributed by atoms with Crippen molar-refractivity contribution in [1.29, 1.82) is 0 Å². The Morgan fingerprint density at radius 1 is 1.16 bits per heavy atom. The van der Waals surface area contributed by atoms with Crippen molar-refractivity contribution in [1.82, 2.24) is 9.80 Å². The highest BCUT2D eigenvalue weighted by Gasteiger charge is 2.20. The number of carbonyl (C=O) groups excluding carboxylic acids is 2. The van der Waals surface area contributed by atoms with Crippen LogP contribution in [-0.4, -0.2) is 50.0 Å². The molecule has 0 fully saturated rings. The summed E-state index contributed by atoms with van der Waals surface area (Å²) >= 11 is 3.00. The van der Waals surface area contributed by atoms with Crippen molar-refractivity contribution in [3.8, 4) is 5.75 Å². The SMILES string of the molecule is CN(C)C(=O)Oc1cc(F)c(Br)cc1C(=O)N(C)C. The number of rotatable bonds is 2. The number of halogens is 2. The fourth-order valence-corrected chi connectivity index (χ4v) is 1.55. The van der Waals surface area contributed by atoms with E-state index in [2.05, 4.69) is 15.9 Å². The second kappa shape index (κ2) is 6.01. The molecular weight excluding hydrogens is 319 g/mol. The molecule has 19 heavy (non-hydrogen) atoms. The van der Waals surface area contributed by atoms with E-state index in [4.69, 9.17) is 4.74 Å². The molecule has 0 heterocycles. The van der Waals surface area contributed by atoms with Crippen LogP contribution in [0.1, 0.15) is 10.4 Å². The highest BCUT2D eigenvalue weighted by atomic mass is 79.9. The molecule has 104 valence electrons. The average molecular weight is 333 g/mol. The first kappa shape index (κ1) is 15.4. The quantitative estimate of drug-likeness (QED) is 0.835. The van der Waals surface area contributed by atoms with Crippen molar-refractivity contribution in [2.45, 2.75) is 0 Å². The first-order chi connectivity index (χ1) is 8.73. The molecule has 0 spiro atoms. The lowest BCUT2D eigenvalue weighted by Gasteiger charge is -2.16. The minimum atomic E-state index is -0.686. The topological polar surface area (TPSA) is 49.9 Å². The molecule has 7 heteroatoms. The minimum absolute atomic E-state index is 0.105. The van der Waals surface area contributed by atoms with Gasteiger partial charge in [-0.05, 0) is 22.0 Å². The molecule has 0 N–H and O–H groups in total. The summed E-state index contributed by atoms with van der Waals surface area (Å²) < 4.78 is 18.6. The van der Waals surface area contributed by atoms with E-state index in [0.717, 1.165) is 6.07 Å². The number of hydrogen-bond donors (Lipinski definition) is 0. The third kappa shape index (κ3) is 3.66. The molecule has 0 aliphatic rings. The third-order valence-electron chi connectivity index (χ3n) is 2.22. The molecular formula is C12H14BrFN2O3. The fourth-order valence-electron chi connectivity index (χ4n) is 1.21. The summed E-state index contributed by atoms with van der Waals surface area (Å²) in [5.41, 5.74) is 0.105. The Bertz CT molecular complexity index is 518. The number of benzene rings is 1. The molecule has 0 atom stereocenters. The van der Waals surface area contributed by atoms with Crippen LogP contribution in [0, 0.1) is 5.82 Å². The summed E-state index contributed by atoms with van der Waals surface area (Å²) in [7, 11) is 6.09. The molecule has 0 aliphatic carbocycles. The smallest absolute Gasteiger partial charge is 0.409 e. The van der Waals surface area contributed by atoms with E-state index < -0.39 is 11.9 Å². The monoisotopic (exact) mass is 332 g/mol. The van der Waals surface area contributed by atoms with Gasteiger partial charge in [-0.15, -0.1) is 0 Å². The number of hydrogen-bond acceptors (Lipinski definition) is 3. The molecule has 0 aliphatic heterocycles. The molecule has 5 nitrogen and oxygen atoms in total. The van der Waals surface area contributed by atoms with Crippen molar-refractivity contribution < 1.29 is 18.7 Å². The molecule has 0 aromatic heterocycles. The Kier molecular flexibility index (Phi) is 4.88. The minimum Gasteiger partial charge on any atom is -0.409 e. The first-order valence-corrected chi connectivity index (χ1v) is 6.13. The molecule has 2 amide bonds. The second-order valence-corrected chi connectivity index (χ2v) is 5.08. The normalized spacial score (nSPS) is 10.0. The predicted octanol–water partition coefficient (Wildman–Crippen LogP) is 2.35. The highest BCUT2D eigenvalue weighted by molar-refractivity contribution is 9.10. The lowest BCUT2D eigenvalue weighted by Crippen LogP contribution is -2.28. The van der Waals surface area contributed by atoms with Gasteiger partial charge in [0.05, 0.1) is 10.0 Å². The summed E-state index contributed by atoms with van der Waals surface area (Å²) in [4.78, 5) is 26.0. The largest absolute Gasteiger partial charge is 0.414 e. The second-order valence-electron chi connectivity index (χ2n) is 4.22. The molecule has 0 unspecified atom stereocenters. The van der Waals surface area contributed by atoms with Crippen LogP contribution in [-0.2, 0) is 0 Å². The van der Waals surface area contributed by atoms with Gasteiger partial charge < -0.3 is 14.5 Å². The summed E-state index contributed by atoms with van der Waals surface area (Å²) in [5.74, 6) is -1.11. The van der Waals surface area contributed by atoms with Gasteiger partial charge in [0.2, 0.25) is 0 Å². The third-order valence-corrected chi connectivity index (χ3v) is 2.83. The van der Waals surface area contributed by atoms with E-state index in [1.54, 1.807) is 14.1 Å². The maximum atomic E-state index is 13.5. The van der Waals surface area contributed by atoms with Gasteiger partial charge in [0.1, 0.15) is 11.6 Å². The summed E-state index contributed by atoms with van der Waals surface area (Å²) in [5, 5.41) is 0. The van der Waals surface area contributed by atoms with E-state index in [-0.39, 0.29) is 21.7 Å². The van der Waals surface area contributed by atoms with E-state index in [9.17, 15) is 14.0 Å². The number of nitrogens with zero attached hydrogens (tertiary/aromatic N) is 2. The average Bonchev–Trinajstić information content (AvgIpc) is 2.32. The summed E-state index contributed by atoms with van der Waals surface area (Å²) in [6.45, 7) is 0. The van der Waals surface area contributed by atoms with Crippen molar-refractivity contribution in [3.63, 3.8) is 0 Å². The van der Waals surface area contributed by atoms with Gasteiger partial charge in [-0.2, -0.15) is 0 Å². The lowest BCUT2D eigenvalue weighted by molar-refractivity contribution is 0.0824. The van der Waals surface area contributed by atoms with E-state index in [1.807, 2.05) is 0 Å². The highest BCUT2D eigenvalue weighted by Crippen LogP contribution is 2.27. The van der Waals surface area contributed by atoms with Crippen molar-refractivity contribution in [2.24, 2.45) is 0 Å². The molecule has 1 aromatic rings. The van der Waals surface area contributed by atoms with Crippen molar-refractivity contribution >= 4 is 27.9 Å². The van der Waals surface area contributed by atoms with Crippen molar-refractivity contribution in [2.75, 3.05) is 28.2 Å². The zero-order valence-electron chi connectivity index (χ0n) is 11.0. The van der Waals surface area contributed by atoms with Gasteiger partial charge in [0.25, 0.3) is 5.91 Å². The zero-order valence-corrected chi connectivity index (χ0v) is 12.6. The number of carbonyl (C=O) groups is 2. The van der Waals surface area contributed by atoms with Gasteiger partial charge >= 0.3 is 6.09 Å². The van der Waals surface area contributed by atoms with Gasteiger partial charge in [0.15, 0.2) is 0 Å². The van der Waals surface area contributed by atoms with Gasteiger partial charge in [-0.25, -0.2) is 9.18 Å². The lowest BCUT2D eigenvalue weighted by atomic mass is 10.1. The number of ether oxygens (including phenoxy) is 1. The molecule has 0 saturated heterocycles. The summed E-state index contributed by atoms with van der Waals surface area (Å²) in [6, 6.07) is 2.29. The predicted molar refractivity (Wildman–Crippen MR) is 71.8 cm³/mol. The van der Waals surface area contributed by atoms with Crippen LogP contribution in [0.5, 0.6) is 5.75 Å². The molecule has 1 aromatic carbocycles. The summed E-state index contributed by atoms with van der Waals surface area (Å²) in [6.07, 6.45) is -0.686. The molecule has 0 saturated carbocycles. The zero-order chi connectivity index (χ0) is 14.7. The maximum absolute atomic E-state index is 13.5. The Balaban J connectivity index is 3.24. The van der Waals surface area contributed by atoms with Crippen LogP contribution in [0.15, 0.2) is 16.6 Å². The Morgan fingerprint density at radius 2 is 1.74 bits per heavy atom. The maximum Gasteiger partial charge on any atom is 0.414 e. The fraction of sp³-hybridized carbons (Fsp3) is 0.333. The van der Waals surface area contributed by atoms with Crippen molar-refractivity contribution in [3.05, 3.63) is 28.0 Å². The first-order valence-electron chi connectivity index (χ1n) is 5.34. The Hall–Kier alpha value is -1.63. The van der Waals surface area contributed by atoms with Gasteiger partial charge in [-0.3, -0.25) is 4.79 Å². The number of amides is 2.